The minimum Gasteiger partial charge on any atom is -0.354 e. The van der Waals surface area contributed by atoms with Gasteiger partial charge >= 0.3 is 0 Å². The molecule has 0 aliphatic heterocycles. The van der Waals surface area contributed by atoms with Crippen LogP contribution in [0.5, 0.6) is 0 Å². The Kier molecular flexibility index (Phi) is 11.5. The predicted molar refractivity (Wildman–Crippen MR) is 148 cm³/mol. The third kappa shape index (κ3) is 8.04. The molecule has 0 bridgehead atoms. The lowest BCUT2D eigenvalue weighted by molar-refractivity contribution is -0.140. The fourth-order valence-corrected chi connectivity index (χ4v) is 5.29. The number of sulfonamides is 1. The Bertz CT molecular complexity index is 1230. The summed E-state index contributed by atoms with van der Waals surface area (Å²) in [5.41, 5.74) is 0.595. The standard InChI is InChI=1S/C23H26Cl5N3O4S/c1-4-8-29-23(33)20(5-2)30(12-14-6-7-15(24)16(25)9-14)22(32)13-31(36(3,34)35)21-11-18(27)17(26)10-19(21)28/h6-7,9-11,20H,4-5,8,12-13H2,1-3H3,(H,29,33)/t20-/m0/s1. The molecular weight excluding hydrogens is 592 g/mol. The molecule has 0 saturated heterocycles. The number of nitrogens with zero attached hydrogens (tertiary/aromatic N) is 2. The fourth-order valence-electron chi connectivity index (χ4n) is 3.42. The minimum atomic E-state index is -3.99. The quantitative estimate of drug-likeness (QED) is 0.311. The molecule has 0 saturated carbocycles. The molecule has 0 aliphatic rings. The first-order chi connectivity index (χ1) is 16.8. The average Bonchev–Trinajstić information content (AvgIpc) is 2.80. The molecule has 2 aromatic rings. The van der Waals surface area contributed by atoms with E-state index in [1.165, 1.54) is 17.0 Å². The van der Waals surface area contributed by atoms with Crippen molar-refractivity contribution in [3.63, 3.8) is 0 Å². The van der Waals surface area contributed by atoms with Crippen LogP contribution in [0.4, 0.5) is 5.69 Å². The van der Waals surface area contributed by atoms with Crippen molar-refractivity contribution in [2.75, 3.05) is 23.7 Å². The van der Waals surface area contributed by atoms with Crippen molar-refractivity contribution in [1.82, 2.24) is 10.2 Å². The molecule has 36 heavy (non-hydrogen) atoms. The molecule has 2 rings (SSSR count). The summed E-state index contributed by atoms with van der Waals surface area (Å²) in [6.45, 7) is 3.45. The van der Waals surface area contributed by atoms with Crippen molar-refractivity contribution in [3.05, 3.63) is 61.0 Å². The van der Waals surface area contributed by atoms with E-state index in [2.05, 4.69) is 5.32 Å². The third-order valence-electron chi connectivity index (χ3n) is 5.21. The van der Waals surface area contributed by atoms with Gasteiger partial charge in [0.25, 0.3) is 0 Å². The summed E-state index contributed by atoms with van der Waals surface area (Å²) in [5, 5.41) is 3.60. The van der Waals surface area contributed by atoms with Gasteiger partial charge in [0.05, 0.1) is 37.1 Å². The maximum Gasteiger partial charge on any atom is 0.244 e. The van der Waals surface area contributed by atoms with Crippen LogP contribution >= 0.6 is 58.0 Å². The zero-order valence-corrected chi connectivity index (χ0v) is 24.4. The number of hydrogen-bond acceptors (Lipinski definition) is 4. The van der Waals surface area contributed by atoms with Crippen LogP contribution in [0.1, 0.15) is 32.3 Å². The Morgan fingerprint density at radius 2 is 1.53 bits per heavy atom. The highest BCUT2D eigenvalue weighted by Gasteiger charge is 2.32. The van der Waals surface area contributed by atoms with E-state index in [1.54, 1.807) is 25.1 Å². The lowest BCUT2D eigenvalue weighted by Crippen LogP contribution is -2.52. The van der Waals surface area contributed by atoms with Crippen molar-refractivity contribution in [1.29, 1.82) is 0 Å². The molecule has 0 fully saturated rings. The maximum atomic E-state index is 13.7. The van der Waals surface area contributed by atoms with Crippen LogP contribution in [0.2, 0.25) is 25.1 Å². The van der Waals surface area contributed by atoms with Gasteiger partial charge in [0.1, 0.15) is 12.6 Å². The van der Waals surface area contributed by atoms with E-state index in [1.807, 2.05) is 6.92 Å². The van der Waals surface area contributed by atoms with Crippen molar-refractivity contribution < 1.29 is 18.0 Å². The molecule has 0 aromatic heterocycles. The van der Waals surface area contributed by atoms with Crippen molar-refractivity contribution in [3.8, 4) is 0 Å². The van der Waals surface area contributed by atoms with E-state index in [9.17, 15) is 18.0 Å². The van der Waals surface area contributed by atoms with Crippen LogP contribution in [0.25, 0.3) is 0 Å². The van der Waals surface area contributed by atoms with Gasteiger partial charge in [0.2, 0.25) is 21.8 Å². The second-order valence-electron chi connectivity index (χ2n) is 7.97. The molecular formula is C23H26Cl5N3O4S. The Hall–Kier alpha value is -1.42. The number of anilines is 1. The summed E-state index contributed by atoms with van der Waals surface area (Å²) in [6, 6.07) is 6.54. The Labute approximate surface area is 236 Å². The molecule has 198 valence electrons. The summed E-state index contributed by atoms with van der Waals surface area (Å²) < 4.78 is 26.2. The molecule has 1 N–H and O–H groups in total. The van der Waals surface area contributed by atoms with Gasteiger partial charge in [0.15, 0.2) is 0 Å². The molecule has 1 atom stereocenters. The largest absolute Gasteiger partial charge is 0.354 e. The number of carbonyl (C=O) groups excluding carboxylic acids is 2. The third-order valence-corrected chi connectivity index (χ3v) is 8.10. The molecule has 0 aliphatic carbocycles. The van der Waals surface area contributed by atoms with Gasteiger partial charge in [-0.15, -0.1) is 0 Å². The van der Waals surface area contributed by atoms with E-state index in [0.29, 0.717) is 23.6 Å². The highest BCUT2D eigenvalue weighted by Crippen LogP contribution is 2.35. The van der Waals surface area contributed by atoms with Crippen LogP contribution in [0.3, 0.4) is 0 Å². The first-order valence-corrected chi connectivity index (χ1v) is 14.7. The summed E-state index contributed by atoms with van der Waals surface area (Å²) in [6.07, 6.45) is 1.93. The minimum absolute atomic E-state index is 0.00797. The summed E-state index contributed by atoms with van der Waals surface area (Å²) in [4.78, 5) is 27.9. The van der Waals surface area contributed by atoms with Gasteiger partial charge in [0, 0.05) is 13.1 Å². The zero-order valence-electron chi connectivity index (χ0n) is 19.8. The van der Waals surface area contributed by atoms with Crippen LogP contribution < -0.4 is 9.62 Å². The van der Waals surface area contributed by atoms with Crippen molar-refractivity contribution in [2.24, 2.45) is 0 Å². The highest BCUT2D eigenvalue weighted by atomic mass is 35.5. The van der Waals surface area contributed by atoms with Gasteiger partial charge in [-0.25, -0.2) is 8.42 Å². The van der Waals surface area contributed by atoms with Crippen LogP contribution in [0, 0.1) is 0 Å². The first kappa shape index (κ1) is 30.8. The SMILES string of the molecule is CCCNC(=O)[C@H](CC)N(Cc1ccc(Cl)c(Cl)c1)C(=O)CN(c1cc(Cl)c(Cl)cc1Cl)S(C)(=O)=O. The monoisotopic (exact) mass is 615 g/mol. The van der Waals surface area contributed by atoms with E-state index in [4.69, 9.17) is 58.0 Å². The van der Waals surface area contributed by atoms with Crippen molar-refractivity contribution >= 4 is 85.5 Å². The van der Waals surface area contributed by atoms with Gasteiger partial charge < -0.3 is 10.2 Å². The number of hydrogen-bond donors (Lipinski definition) is 1. The van der Waals surface area contributed by atoms with Gasteiger partial charge in [-0.2, -0.15) is 0 Å². The van der Waals surface area contributed by atoms with Gasteiger partial charge in [-0.1, -0.05) is 77.9 Å². The number of amides is 2. The number of nitrogens with one attached hydrogen (secondary N) is 1. The van der Waals surface area contributed by atoms with Crippen LogP contribution in [-0.4, -0.2) is 50.5 Å². The van der Waals surface area contributed by atoms with E-state index in [0.717, 1.165) is 10.6 Å². The van der Waals surface area contributed by atoms with Crippen LogP contribution in [-0.2, 0) is 26.2 Å². The smallest absolute Gasteiger partial charge is 0.244 e. The number of rotatable bonds is 11. The highest BCUT2D eigenvalue weighted by molar-refractivity contribution is 7.92. The Morgan fingerprint density at radius 3 is 2.08 bits per heavy atom. The Morgan fingerprint density at radius 1 is 0.917 bits per heavy atom. The number of benzene rings is 2. The topological polar surface area (TPSA) is 86.8 Å². The molecule has 2 amide bonds. The van der Waals surface area contributed by atoms with E-state index >= 15 is 0 Å². The second kappa shape index (κ2) is 13.4. The normalized spacial score (nSPS) is 12.2. The summed E-state index contributed by atoms with van der Waals surface area (Å²) >= 11 is 30.5. The molecule has 0 radical (unpaired) electrons. The van der Waals surface area contributed by atoms with Gasteiger partial charge in [-0.05, 0) is 42.7 Å². The molecule has 0 unspecified atom stereocenters. The summed E-state index contributed by atoms with van der Waals surface area (Å²) in [5.74, 6) is -0.988. The molecule has 0 spiro atoms. The first-order valence-electron chi connectivity index (χ1n) is 10.9. The fraction of sp³-hybridized carbons (Fsp3) is 0.391. The molecule has 0 heterocycles. The summed E-state index contributed by atoms with van der Waals surface area (Å²) in [7, 11) is -3.99. The average molecular weight is 618 g/mol. The molecule has 7 nitrogen and oxygen atoms in total. The lowest BCUT2D eigenvalue weighted by atomic mass is 10.1. The lowest BCUT2D eigenvalue weighted by Gasteiger charge is -2.33. The van der Waals surface area contributed by atoms with Gasteiger partial charge in [-0.3, -0.25) is 13.9 Å². The second-order valence-corrected chi connectivity index (χ2v) is 11.9. The van der Waals surface area contributed by atoms with E-state index < -0.39 is 28.5 Å². The maximum absolute atomic E-state index is 13.7. The number of halogens is 5. The zero-order chi connectivity index (χ0) is 27.2. The number of carbonyl (C=O) groups is 2. The van der Waals surface area contributed by atoms with Crippen molar-refractivity contribution in [2.45, 2.75) is 39.3 Å². The van der Waals surface area contributed by atoms with E-state index in [-0.39, 0.29) is 44.7 Å². The molecule has 2 aromatic carbocycles. The predicted octanol–water partition coefficient (Wildman–Crippen LogP) is 6.05. The molecule has 13 heteroatoms. The van der Waals surface area contributed by atoms with Crippen LogP contribution in [0.15, 0.2) is 30.3 Å². The Balaban J connectivity index is 2.51.